The largest absolute Gasteiger partial charge is 0.477 e. The Balaban J connectivity index is 2.62. The van der Waals surface area contributed by atoms with Gasteiger partial charge in [-0.1, -0.05) is 0 Å². The molecule has 2 rings (SSSR count). The normalized spacial score (nSPS) is 10.4. The van der Waals surface area contributed by atoms with Gasteiger partial charge in [0.05, 0.1) is 0 Å². The van der Waals surface area contributed by atoms with E-state index in [0.717, 1.165) is 29.5 Å². The van der Waals surface area contributed by atoms with Gasteiger partial charge >= 0.3 is 5.97 Å². The van der Waals surface area contributed by atoms with Gasteiger partial charge in [-0.2, -0.15) is 0 Å². The Morgan fingerprint density at radius 1 is 1.19 bits per heavy atom. The first-order chi connectivity index (χ1) is 7.59. The first-order valence-corrected chi connectivity index (χ1v) is 5.24. The highest BCUT2D eigenvalue weighted by molar-refractivity contribution is 7.12. The van der Waals surface area contributed by atoms with E-state index in [1.54, 1.807) is 0 Å². The van der Waals surface area contributed by atoms with E-state index in [1.165, 1.54) is 11.4 Å². The van der Waals surface area contributed by atoms with Crippen LogP contribution in [0.25, 0.3) is 11.1 Å². The van der Waals surface area contributed by atoms with Crippen molar-refractivity contribution in [2.75, 3.05) is 0 Å². The second-order valence-electron chi connectivity index (χ2n) is 3.09. The van der Waals surface area contributed by atoms with Crippen molar-refractivity contribution in [2.45, 2.75) is 0 Å². The SMILES string of the molecule is O=C(O)c1sccc1-c1cc(F)ccc1F. The van der Waals surface area contributed by atoms with Crippen molar-refractivity contribution in [3.63, 3.8) is 0 Å². The standard InChI is InChI=1S/C11H6F2O2S/c12-6-1-2-9(13)8(5-6)7-3-4-16-10(7)11(14)15/h1-5H,(H,14,15). The van der Waals surface area contributed by atoms with Gasteiger partial charge in [0, 0.05) is 11.1 Å². The first-order valence-electron chi connectivity index (χ1n) is 4.36. The van der Waals surface area contributed by atoms with E-state index in [4.69, 9.17) is 5.11 Å². The lowest BCUT2D eigenvalue weighted by Crippen LogP contribution is -1.96. The maximum atomic E-state index is 13.4. The number of rotatable bonds is 2. The van der Waals surface area contributed by atoms with Crippen LogP contribution >= 0.6 is 11.3 Å². The van der Waals surface area contributed by atoms with Gasteiger partial charge in [-0.3, -0.25) is 0 Å². The molecule has 0 aliphatic carbocycles. The first kappa shape index (κ1) is 10.8. The molecule has 0 aliphatic heterocycles. The van der Waals surface area contributed by atoms with E-state index in [1.807, 2.05) is 0 Å². The average molecular weight is 240 g/mol. The number of hydrogen-bond donors (Lipinski definition) is 1. The highest BCUT2D eigenvalue weighted by Crippen LogP contribution is 2.30. The number of aromatic carboxylic acids is 1. The molecule has 1 N–H and O–H groups in total. The van der Waals surface area contributed by atoms with Gasteiger partial charge in [0.2, 0.25) is 0 Å². The van der Waals surface area contributed by atoms with Crippen LogP contribution in [0.1, 0.15) is 9.67 Å². The molecule has 82 valence electrons. The van der Waals surface area contributed by atoms with Crippen LogP contribution in [0.2, 0.25) is 0 Å². The fraction of sp³-hybridized carbons (Fsp3) is 0. The van der Waals surface area contributed by atoms with E-state index in [9.17, 15) is 13.6 Å². The molecule has 1 heterocycles. The number of carboxylic acids is 1. The number of hydrogen-bond acceptors (Lipinski definition) is 2. The van der Waals surface area contributed by atoms with Gasteiger partial charge in [0.15, 0.2) is 0 Å². The molecular formula is C11H6F2O2S. The molecule has 1 aromatic heterocycles. The minimum absolute atomic E-state index is 0.00417. The predicted octanol–water partition coefficient (Wildman–Crippen LogP) is 3.39. The zero-order valence-electron chi connectivity index (χ0n) is 7.91. The van der Waals surface area contributed by atoms with Gasteiger partial charge in [0.25, 0.3) is 0 Å². The lowest BCUT2D eigenvalue weighted by molar-refractivity contribution is 0.0703. The molecule has 0 unspecified atom stereocenters. The topological polar surface area (TPSA) is 37.3 Å². The number of benzene rings is 1. The van der Waals surface area contributed by atoms with Crippen molar-refractivity contribution in [1.82, 2.24) is 0 Å². The third-order valence-electron chi connectivity index (χ3n) is 2.08. The Labute approximate surface area is 93.8 Å². The molecule has 0 atom stereocenters. The lowest BCUT2D eigenvalue weighted by atomic mass is 10.1. The second-order valence-corrected chi connectivity index (χ2v) is 4.01. The van der Waals surface area contributed by atoms with Crippen molar-refractivity contribution >= 4 is 17.3 Å². The summed E-state index contributed by atoms with van der Waals surface area (Å²) in [5, 5.41) is 10.4. The zero-order chi connectivity index (χ0) is 11.7. The highest BCUT2D eigenvalue weighted by atomic mass is 32.1. The van der Waals surface area contributed by atoms with Crippen molar-refractivity contribution in [2.24, 2.45) is 0 Å². The second kappa shape index (κ2) is 4.02. The minimum atomic E-state index is -1.14. The van der Waals surface area contributed by atoms with E-state index in [-0.39, 0.29) is 16.0 Å². The van der Waals surface area contributed by atoms with E-state index >= 15 is 0 Å². The summed E-state index contributed by atoms with van der Waals surface area (Å²) in [6.07, 6.45) is 0. The van der Waals surface area contributed by atoms with Gasteiger partial charge in [-0.05, 0) is 29.6 Å². The molecule has 5 heteroatoms. The van der Waals surface area contributed by atoms with E-state index in [0.29, 0.717) is 0 Å². The van der Waals surface area contributed by atoms with Crippen LogP contribution in [0, 0.1) is 11.6 Å². The molecule has 0 radical (unpaired) electrons. The summed E-state index contributed by atoms with van der Waals surface area (Å²) in [7, 11) is 0. The fourth-order valence-electron chi connectivity index (χ4n) is 1.39. The molecule has 0 fully saturated rings. The number of halogens is 2. The Morgan fingerprint density at radius 2 is 1.94 bits per heavy atom. The van der Waals surface area contributed by atoms with Crippen molar-refractivity contribution in [1.29, 1.82) is 0 Å². The Morgan fingerprint density at radius 3 is 2.62 bits per heavy atom. The maximum absolute atomic E-state index is 13.4. The summed E-state index contributed by atoms with van der Waals surface area (Å²) in [6.45, 7) is 0. The van der Waals surface area contributed by atoms with E-state index in [2.05, 4.69) is 0 Å². The number of thiophene rings is 1. The van der Waals surface area contributed by atoms with Gasteiger partial charge in [-0.25, -0.2) is 13.6 Å². The molecule has 0 spiro atoms. The molecule has 2 nitrogen and oxygen atoms in total. The van der Waals surface area contributed by atoms with Crippen LogP contribution in [-0.4, -0.2) is 11.1 Å². The van der Waals surface area contributed by atoms with Crippen LogP contribution in [0.15, 0.2) is 29.6 Å². The summed E-state index contributed by atoms with van der Waals surface area (Å²) >= 11 is 0.978. The monoisotopic (exact) mass is 240 g/mol. The predicted molar refractivity (Wildman–Crippen MR) is 56.6 cm³/mol. The van der Waals surface area contributed by atoms with Gasteiger partial charge in [0.1, 0.15) is 16.5 Å². The van der Waals surface area contributed by atoms with Crippen LogP contribution in [-0.2, 0) is 0 Å². The Kier molecular flexibility index (Phi) is 2.70. The summed E-state index contributed by atoms with van der Waals surface area (Å²) in [5.74, 6) is -2.38. The molecular weight excluding hydrogens is 234 g/mol. The maximum Gasteiger partial charge on any atom is 0.346 e. The third-order valence-corrected chi connectivity index (χ3v) is 2.98. The molecule has 0 aliphatic rings. The molecule has 1 aromatic carbocycles. The molecule has 0 bridgehead atoms. The van der Waals surface area contributed by atoms with Crippen LogP contribution < -0.4 is 0 Å². The summed E-state index contributed by atoms with van der Waals surface area (Å²) in [6, 6.07) is 4.43. The van der Waals surface area contributed by atoms with Gasteiger partial charge in [-0.15, -0.1) is 11.3 Å². The van der Waals surface area contributed by atoms with Crippen LogP contribution in [0.5, 0.6) is 0 Å². The zero-order valence-corrected chi connectivity index (χ0v) is 8.72. The third kappa shape index (κ3) is 1.81. The molecule has 0 amide bonds. The number of carbonyl (C=O) groups is 1. The molecule has 2 aromatic rings. The Hall–Kier alpha value is -1.75. The molecule has 16 heavy (non-hydrogen) atoms. The molecule has 0 saturated carbocycles. The summed E-state index contributed by atoms with van der Waals surface area (Å²) in [5.41, 5.74) is 0.174. The summed E-state index contributed by atoms with van der Waals surface area (Å²) < 4.78 is 26.4. The highest BCUT2D eigenvalue weighted by Gasteiger charge is 2.16. The Bertz CT molecular complexity index is 549. The lowest BCUT2D eigenvalue weighted by Gasteiger charge is -2.02. The van der Waals surface area contributed by atoms with Gasteiger partial charge < -0.3 is 5.11 Å². The minimum Gasteiger partial charge on any atom is -0.477 e. The number of carboxylic acid groups (broad SMARTS) is 1. The average Bonchev–Trinajstić information content (AvgIpc) is 2.70. The van der Waals surface area contributed by atoms with E-state index < -0.39 is 17.6 Å². The quantitative estimate of drug-likeness (QED) is 0.873. The van der Waals surface area contributed by atoms with Crippen LogP contribution in [0.3, 0.4) is 0 Å². The van der Waals surface area contributed by atoms with Crippen molar-refractivity contribution in [3.8, 4) is 11.1 Å². The smallest absolute Gasteiger partial charge is 0.346 e. The van der Waals surface area contributed by atoms with Crippen molar-refractivity contribution < 1.29 is 18.7 Å². The molecule has 0 saturated heterocycles. The van der Waals surface area contributed by atoms with Crippen LogP contribution in [0.4, 0.5) is 8.78 Å². The summed E-state index contributed by atoms with van der Waals surface area (Å²) in [4.78, 5) is 10.9. The van der Waals surface area contributed by atoms with Crippen molar-refractivity contribution in [3.05, 3.63) is 46.2 Å². The fourth-order valence-corrected chi connectivity index (χ4v) is 2.14.